The molecule has 2 heterocycles. The second-order valence-electron chi connectivity index (χ2n) is 8.62. The van der Waals surface area contributed by atoms with Gasteiger partial charge in [0.05, 0.1) is 25.9 Å². The maximum Gasteiger partial charge on any atom is 0.190 e. The van der Waals surface area contributed by atoms with Crippen molar-refractivity contribution >= 4 is 0 Å². The number of hydrogen-bond acceptors (Lipinski definition) is 5. The molecule has 0 N–H and O–H groups in total. The Morgan fingerprint density at radius 1 is 0.968 bits per heavy atom. The molecule has 2 aromatic rings. The first kappa shape index (κ1) is 22.2. The van der Waals surface area contributed by atoms with Crippen molar-refractivity contribution in [3.8, 4) is 0 Å². The lowest BCUT2D eigenvalue weighted by molar-refractivity contribution is -0.227. The first-order valence-electron chi connectivity index (χ1n) is 10.9. The van der Waals surface area contributed by atoms with Crippen LogP contribution >= 0.6 is 0 Å². The van der Waals surface area contributed by atoms with Crippen LogP contribution in [0.3, 0.4) is 0 Å². The Labute approximate surface area is 184 Å². The van der Waals surface area contributed by atoms with Gasteiger partial charge in [-0.2, -0.15) is 0 Å². The molecule has 0 saturated carbocycles. The smallest absolute Gasteiger partial charge is 0.190 e. The van der Waals surface area contributed by atoms with E-state index in [1.807, 2.05) is 56.3 Å². The number of benzene rings is 2. The molecule has 2 aliphatic rings. The van der Waals surface area contributed by atoms with Crippen molar-refractivity contribution in [3.05, 3.63) is 84.4 Å². The molecule has 5 atom stereocenters. The van der Waals surface area contributed by atoms with E-state index in [4.69, 9.17) is 23.7 Å². The third kappa shape index (κ3) is 5.62. The first-order chi connectivity index (χ1) is 15.1. The molecule has 0 unspecified atom stereocenters. The summed E-state index contributed by atoms with van der Waals surface area (Å²) in [6.45, 7) is 9.34. The molecule has 166 valence electrons. The van der Waals surface area contributed by atoms with Gasteiger partial charge in [0.1, 0.15) is 12.2 Å². The Balaban J connectivity index is 1.44. The van der Waals surface area contributed by atoms with Crippen molar-refractivity contribution in [2.75, 3.05) is 6.61 Å². The van der Waals surface area contributed by atoms with Crippen LogP contribution in [0.1, 0.15) is 31.4 Å². The van der Waals surface area contributed by atoms with Crippen molar-refractivity contribution < 1.29 is 23.7 Å². The van der Waals surface area contributed by atoms with E-state index in [0.29, 0.717) is 19.8 Å². The maximum absolute atomic E-state index is 6.38. The van der Waals surface area contributed by atoms with Crippen molar-refractivity contribution in [3.63, 3.8) is 0 Å². The van der Waals surface area contributed by atoms with Crippen LogP contribution < -0.4 is 0 Å². The lowest BCUT2D eigenvalue weighted by atomic mass is 9.94. The van der Waals surface area contributed by atoms with Gasteiger partial charge >= 0.3 is 0 Å². The predicted molar refractivity (Wildman–Crippen MR) is 118 cm³/mol. The van der Waals surface area contributed by atoms with E-state index in [2.05, 4.69) is 30.8 Å². The van der Waals surface area contributed by atoms with E-state index >= 15 is 0 Å². The van der Waals surface area contributed by atoms with E-state index in [9.17, 15) is 0 Å². The molecule has 4 rings (SSSR count). The molecule has 0 amide bonds. The fourth-order valence-electron chi connectivity index (χ4n) is 4.25. The molecule has 0 radical (unpaired) electrons. The summed E-state index contributed by atoms with van der Waals surface area (Å²) < 4.78 is 30.9. The van der Waals surface area contributed by atoms with Gasteiger partial charge in [0.25, 0.3) is 0 Å². The predicted octanol–water partition coefficient (Wildman–Crippen LogP) is 4.86. The average molecular weight is 425 g/mol. The van der Waals surface area contributed by atoms with Gasteiger partial charge in [-0.15, -0.1) is 6.58 Å². The molecule has 2 saturated heterocycles. The van der Waals surface area contributed by atoms with Gasteiger partial charge in [0.15, 0.2) is 12.1 Å². The quantitative estimate of drug-likeness (QED) is 0.510. The number of hydrogen-bond donors (Lipinski definition) is 0. The second kappa shape index (κ2) is 10.1. The van der Waals surface area contributed by atoms with Gasteiger partial charge in [-0.25, -0.2) is 0 Å². The van der Waals surface area contributed by atoms with Crippen LogP contribution in [0.15, 0.2) is 73.3 Å². The number of ether oxygens (including phenoxy) is 5. The molecule has 2 fully saturated rings. The molecule has 0 spiro atoms. The third-order valence-corrected chi connectivity index (χ3v) is 5.69. The van der Waals surface area contributed by atoms with Gasteiger partial charge in [-0.3, -0.25) is 0 Å². The molecule has 2 aliphatic heterocycles. The van der Waals surface area contributed by atoms with Crippen LogP contribution in [0.25, 0.3) is 0 Å². The molecule has 0 aliphatic carbocycles. The van der Waals surface area contributed by atoms with Crippen LogP contribution in [0.5, 0.6) is 0 Å². The minimum absolute atomic E-state index is 0.0860. The van der Waals surface area contributed by atoms with E-state index < -0.39 is 12.1 Å². The molecule has 5 nitrogen and oxygen atoms in total. The fraction of sp³-hybridized carbons (Fsp3) is 0.462. The lowest BCUT2D eigenvalue weighted by Gasteiger charge is -2.30. The van der Waals surface area contributed by atoms with Gasteiger partial charge in [0, 0.05) is 5.92 Å². The molecule has 31 heavy (non-hydrogen) atoms. The molecule has 0 bridgehead atoms. The van der Waals surface area contributed by atoms with Crippen LogP contribution in [0, 0.1) is 5.92 Å². The van der Waals surface area contributed by atoms with Gasteiger partial charge in [0.2, 0.25) is 0 Å². The summed E-state index contributed by atoms with van der Waals surface area (Å²) in [5, 5.41) is 0. The Hall–Kier alpha value is -2.02. The zero-order valence-electron chi connectivity index (χ0n) is 18.3. The van der Waals surface area contributed by atoms with Crippen LogP contribution in [0.4, 0.5) is 0 Å². The Kier molecular flexibility index (Phi) is 7.20. The van der Waals surface area contributed by atoms with Crippen LogP contribution in [0.2, 0.25) is 0 Å². The maximum atomic E-state index is 6.38. The number of allylic oxidation sites excluding steroid dienone is 1. The summed E-state index contributed by atoms with van der Waals surface area (Å²) in [4.78, 5) is 0. The first-order valence-corrected chi connectivity index (χ1v) is 10.9. The Bertz CT molecular complexity index is 822. The van der Waals surface area contributed by atoms with Crippen LogP contribution in [-0.2, 0) is 36.9 Å². The summed E-state index contributed by atoms with van der Waals surface area (Å²) in [5.41, 5.74) is 2.26. The molecular weight excluding hydrogens is 392 g/mol. The van der Waals surface area contributed by atoms with Crippen molar-refractivity contribution in [1.82, 2.24) is 0 Å². The molecule has 5 heteroatoms. The van der Waals surface area contributed by atoms with Gasteiger partial charge < -0.3 is 23.7 Å². The summed E-state index contributed by atoms with van der Waals surface area (Å²) >= 11 is 0. The Morgan fingerprint density at radius 3 is 2.26 bits per heavy atom. The molecular formula is C26H32O5. The van der Waals surface area contributed by atoms with Gasteiger partial charge in [-0.05, 0) is 31.4 Å². The average Bonchev–Trinajstić information content (AvgIpc) is 3.24. The largest absolute Gasteiger partial charge is 0.376 e. The highest BCUT2D eigenvalue weighted by Crippen LogP contribution is 2.41. The minimum atomic E-state index is -0.688. The Morgan fingerprint density at radius 2 is 1.61 bits per heavy atom. The molecule has 0 aromatic heterocycles. The topological polar surface area (TPSA) is 46.2 Å². The van der Waals surface area contributed by atoms with Crippen molar-refractivity contribution in [1.29, 1.82) is 0 Å². The summed E-state index contributed by atoms with van der Waals surface area (Å²) in [5.74, 6) is -0.602. The summed E-state index contributed by atoms with van der Waals surface area (Å²) in [7, 11) is 0. The van der Waals surface area contributed by atoms with Gasteiger partial charge in [-0.1, -0.05) is 66.7 Å². The SMILES string of the molecule is C=CC[C@@H](COCc1ccccc1)[C@H]1O[C@@H]2OC(C)(C)O[C@@H]2[C@H]1OCc1ccccc1. The summed E-state index contributed by atoms with van der Waals surface area (Å²) in [6, 6.07) is 20.3. The summed E-state index contributed by atoms with van der Waals surface area (Å²) in [6.07, 6.45) is 1.50. The highest BCUT2D eigenvalue weighted by molar-refractivity contribution is 5.14. The van der Waals surface area contributed by atoms with E-state index in [1.165, 1.54) is 0 Å². The minimum Gasteiger partial charge on any atom is -0.376 e. The second-order valence-corrected chi connectivity index (χ2v) is 8.62. The zero-order valence-corrected chi connectivity index (χ0v) is 18.3. The van der Waals surface area contributed by atoms with Crippen LogP contribution in [-0.4, -0.2) is 37.0 Å². The standard InChI is InChI=1S/C26H32O5/c1-4-11-21(18-27-16-19-12-7-5-8-13-19)22-23(28-17-20-14-9-6-10-15-20)24-25(29-22)31-26(2,3)30-24/h4-10,12-15,21-25H,1,11,16-18H2,2-3H3/t21-,22+,23-,24+,25+/m0/s1. The highest BCUT2D eigenvalue weighted by atomic mass is 16.8. The third-order valence-electron chi connectivity index (χ3n) is 5.69. The normalized spacial score (nSPS) is 27.7. The van der Waals surface area contributed by atoms with E-state index in [1.54, 1.807) is 0 Å². The van der Waals surface area contributed by atoms with Crippen molar-refractivity contribution in [2.24, 2.45) is 5.92 Å². The monoisotopic (exact) mass is 424 g/mol. The van der Waals surface area contributed by atoms with Crippen molar-refractivity contribution in [2.45, 2.75) is 63.9 Å². The number of rotatable bonds is 10. The zero-order chi connectivity index (χ0) is 21.7. The van der Waals surface area contributed by atoms with E-state index in [-0.39, 0.29) is 24.2 Å². The van der Waals surface area contributed by atoms with E-state index in [0.717, 1.165) is 17.5 Å². The number of fused-ring (bicyclic) bond motifs is 1. The molecule has 2 aromatic carbocycles. The highest BCUT2D eigenvalue weighted by Gasteiger charge is 2.56. The lowest BCUT2D eigenvalue weighted by Crippen LogP contribution is -2.41. The fourth-order valence-corrected chi connectivity index (χ4v) is 4.25.